The molecule has 0 radical (unpaired) electrons. The molecule has 4 bridgehead atoms. The highest BCUT2D eigenvalue weighted by molar-refractivity contribution is 7.10. The van der Waals surface area contributed by atoms with Crippen LogP contribution in [0.5, 0.6) is 0 Å². The van der Waals surface area contributed by atoms with Gasteiger partial charge >= 0.3 is 0 Å². The van der Waals surface area contributed by atoms with Crippen LogP contribution in [0.25, 0.3) is 0 Å². The number of hydrogen-bond acceptors (Lipinski definition) is 2. The highest BCUT2D eigenvalue weighted by Crippen LogP contribution is 2.71. The minimum Gasteiger partial charge on any atom is -0.323 e. The molecule has 1 nitrogen and oxygen atoms in total. The first kappa shape index (κ1) is 13.3. The second-order valence-electron chi connectivity index (χ2n) is 8.96. The van der Waals surface area contributed by atoms with E-state index in [-0.39, 0.29) is 6.04 Å². The zero-order valence-corrected chi connectivity index (χ0v) is 13.6. The summed E-state index contributed by atoms with van der Waals surface area (Å²) in [4.78, 5) is 1.39. The van der Waals surface area contributed by atoms with Gasteiger partial charge in [0.2, 0.25) is 0 Å². The average molecular weight is 289 g/mol. The molecule has 20 heavy (non-hydrogen) atoms. The Morgan fingerprint density at radius 2 is 1.90 bits per heavy atom. The summed E-state index contributed by atoms with van der Waals surface area (Å²) in [5, 5.41) is 2.16. The third kappa shape index (κ3) is 2.07. The van der Waals surface area contributed by atoms with Gasteiger partial charge in [-0.25, -0.2) is 0 Å². The zero-order valence-electron chi connectivity index (χ0n) is 12.8. The van der Waals surface area contributed by atoms with Gasteiger partial charge in [0.05, 0.1) is 0 Å². The molecule has 0 saturated heterocycles. The Balaban J connectivity index is 1.61. The van der Waals surface area contributed by atoms with Crippen molar-refractivity contribution >= 4 is 11.3 Å². The molecule has 3 unspecified atom stereocenters. The van der Waals surface area contributed by atoms with E-state index in [4.69, 9.17) is 5.73 Å². The van der Waals surface area contributed by atoms with Crippen molar-refractivity contribution in [3.05, 3.63) is 22.4 Å². The number of rotatable bonds is 3. The Morgan fingerprint density at radius 1 is 1.20 bits per heavy atom. The third-order valence-corrected chi connectivity index (χ3v) is 7.31. The fourth-order valence-corrected chi connectivity index (χ4v) is 7.71. The molecule has 0 spiro atoms. The quantitative estimate of drug-likeness (QED) is 0.819. The van der Waals surface area contributed by atoms with E-state index in [1.54, 1.807) is 0 Å². The maximum atomic E-state index is 6.56. The van der Waals surface area contributed by atoms with Crippen molar-refractivity contribution in [1.82, 2.24) is 0 Å². The molecule has 0 aliphatic heterocycles. The van der Waals surface area contributed by atoms with Crippen LogP contribution >= 0.6 is 11.3 Å². The first-order valence-electron chi connectivity index (χ1n) is 8.19. The monoisotopic (exact) mass is 289 g/mol. The van der Waals surface area contributed by atoms with E-state index in [1.165, 1.54) is 49.8 Å². The summed E-state index contributed by atoms with van der Waals surface area (Å²) in [6, 6.07) is 4.62. The van der Waals surface area contributed by atoms with Gasteiger partial charge in [-0.3, -0.25) is 0 Å². The first-order valence-corrected chi connectivity index (χ1v) is 9.07. The second-order valence-corrected chi connectivity index (χ2v) is 9.94. The smallest absolute Gasteiger partial charge is 0.0395 e. The van der Waals surface area contributed by atoms with Gasteiger partial charge in [0.1, 0.15) is 0 Å². The fraction of sp³-hybridized carbons (Fsp3) is 0.778. The molecule has 2 heteroatoms. The van der Waals surface area contributed by atoms with Crippen LogP contribution in [0.3, 0.4) is 0 Å². The Labute approximate surface area is 127 Å². The van der Waals surface area contributed by atoms with Gasteiger partial charge in [-0.15, -0.1) is 11.3 Å². The Hall–Kier alpha value is -0.340. The zero-order chi connectivity index (χ0) is 14.0. The fourth-order valence-electron chi connectivity index (χ4n) is 6.98. The number of hydrogen-bond donors (Lipinski definition) is 1. The van der Waals surface area contributed by atoms with E-state index in [9.17, 15) is 0 Å². The van der Waals surface area contributed by atoms with E-state index >= 15 is 0 Å². The van der Waals surface area contributed by atoms with Crippen LogP contribution in [0.4, 0.5) is 0 Å². The van der Waals surface area contributed by atoms with Gasteiger partial charge in [-0.2, -0.15) is 0 Å². The van der Waals surface area contributed by atoms with Crippen LogP contribution in [0.2, 0.25) is 0 Å². The molecule has 2 N–H and O–H groups in total. The van der Waals surface area contributed by atoms with Gasteiger partial charge < -0.3 is 5.73 Å². The Kier molecular flexibility index (Phi) is 2.74. The van der Waals surface area contributed by atoms with Crippen LogP contribution in [0.1, 0.15) is 69.7 Å². The van der Waals surface area contributed by atoms with Crippen LogP contribution in [-0.4, -0.2) is 0 Å². The molecular formula is C18H27NS. The van der Waals surface area contributed by atoms with Crippen molar-refractivity contribution in [2.45, 2.75) is 64.8 Å². The van der Waals surface area contributed by atoms with E-state index in [2.05, 4.69) is 31.4 Å². The van der Waals surface area contributed by atoms with Crippen LogP contribution < -0.4 is 5.73 Å². The summed E-state index contributed by atoms with van der Waals surface area (Å²) in [5.41, 5.74) is 8.33. The lowest BCUT2D eigenvalue weighted by Crippen LogP contribution is -2.55. The summed E-state index contributed by atoms with van der Waals surface area (Å²) in [6.45, 7) is 5.11. The molecule has 4 aliphatic carbocycles. The highest BCUT2D eigenvalue weighted by Gasteiger charge is 2.60. The standard InChI is InChI=1S/C18H27NS/c1-16-6-13-7-17(2,10-16)12-18(8-13,11-16)9-14(19)15-4-3-5-20-15/h3-5,13-14H,6-12,19H2,1-2H3. The molecule has 4 aliphatic rings. The summed E-state index contributed by atoms with van der Waals surface area (Å²) >= 11 is 1.83. The van der Waals surface area contributed by atoms with Crippen molar-refractivity contribution in [1.29, 1.82) is 0 Å². The summed E-state index contributed by atoms with van der Waals surface area (Å²) in [7, 11) is 0. The van der Waals surface area contributed by atoms with Crippen LogP contribution in [0.15, 0.2) is 17.5 Å². The molecule has 0 amide bonds. The van der Waals surface area contributed by atoms with E-state index in [0.29, 0.717) is 16.2 Å². The molecular weight excluding hydrogens is 262 g/mol. The molecule has 0 aromatic carbocycles. The van der Waals surface area contributed by atoms with Crippen LogP contribution in [-0.2, 0) is 0 Å². The van der Waals surface area contributed by atoms with E-state index in [0.717, 1.165) is 5.92 Å². The van der Waals surface area contributed by atoms with Gasteiger partial charge in [-0.1, -0.05) is 19.9 Å². The third-order valence-electron chi connectivity index (χ3n) is 6.30. The molecule has 5 rings (SSSR count). The predicted molar refractivity (Wildman–Crippen MR) is 85.7 cm³/mol. The minimum atomic E-state index is 0.262. The molecule has 4 fully saturated rings. The Bertz CT molecular complexity index is 487. The van der Waals surface area contributed by atoms with Gasteiger partial charge in [-0.05, 0) is 78.6 Å². The summed E-state index contributed by atoms with van der Waals surface area (Å²) < 4.78 is 0. The maximum Gasteiger partial charge on any atom is 0.0395 e. The van der Waals surface area contributed by atoms with Gasteiger partial charge in [0, 0.05) is 10.9 Å². The van der Waals surface area contributed by atoms with Crippen molar-refractivity contribution < 1.29 is 0 Å². The summed E-state index contributed by atoms with van der Waals surface area (Å²) in [5.74, 6) is 0.983. The lowest BCUT2D eigenvalue weighted by atomic mass is 9.39. The molecule has 1 heterocycles. The van der Waals surface area contributed by atoms with E-state index in [1.807, 2.05) is 11.3 Å². The van der Waals surface area contributed by atoms with Gasteiger partial charge in [0.15, 0.2) is 0 Å². The lowest BCUT2D eigenvalue weighted by Gasteiger charge is -2.66. The summed E-state index contributed by atoms with van der Waals surface area (Å²) in [6.07, 6.45) is 9.98. The highest BCUT2D eigenvalue weighted by atomic mass is 32.1. The molecule has 1 aromatic heterocycles. The SMILES string of the molecule is CC12CC3CC(C)(C1)CC(CC(N)c1cccs1)(C3)C2. The van der Waals surface area contributed by atoms with Crippen molar-refractivity contribution in [3.63, 3.8) is 0 Å². The topological polar surface area (TPSA) is 26.0 Å². The molecule has 4 saturated carbocycles. The van der Waals surface area contributed by atoms with Crippen molar-refractivity contribution in [3.8, 4) is 0 Å². The largest absolute Gasteiger partial charge is 0.323 e. The maximum absolute atomic E-state index is 6.56. The normalized spacial score (nSPS) is 47.6. The molecule has 110 valence electrons. The van der Waals surface area contributed by atoms with Crippen molar-refractivity contribution in [2.75, 3.05) is 0 Å². The Morgan fingerprint density at radius 3 is 2.45 bits per heavy atom. The number of nitrogens with two attached hydrogens (primary N) is 1. The van der Waals surface area contributed by atoms with Crippen LogP contribution in [0, 0.1) is 22.2 Å². The molecule has 1 aromatic rings. The minimum absolute atomic E-state index is 0.262. The molecule has 3 atom stereocenters. The van der Waals surface area contributed by atoms with E-state index < -0.39 is 0 Å². The van der Waals surface area contributed by atoms with Gasteiger partial charge in [0.25, 0.3) is 0 Å². The number of thiophene rings is 1. The average Bonchev–Trinajstić information content (AvgIpc) is 2.75. The second kappa shape index (κ2) is 4.10. The predicted octanol–water partition coefficient (Wildman–Crippen LogP) is 5.13. The first-order chi connectivity index (χ1) is 9.40. The van der Waals surface area contributed by atoms with Crippen molar-refractivity contribution in [2.24, 2.45) is 27.9 Å². The lowest BCUT2D eigenvalue weighted by molar-refractivity contribution is -0.149.